The number of nitrogens with one attached hydrogen (secondary N) is 1. The first-order valence-electron chi connectivity index (χ1n) is 8.57. The summed E-state index contributed by atoms with van der Waals surface area (Å²) in [5.41, 5.74) is 1.32. The van der Waals surface area contributed by atoms with Crippen LogP contribution in [-0.2, 0) is 4.79 Å². The molecule has 0 unspecified atom stereocenters. The number of benzene rings is 2. The van der Waals surface area contributed by atoms with E-state index in [0.717, 1.165) is 5.69 Å². The average Bonchev–Trinajstić information content (AvgIpc) is 3.11. The van der Waals surface area contributed by atoms with Crippen molar-refractivity contribution in [3.05, 3.63) is 47.5 Å². The van der Waals surface area contributed by atoms with Gasteiger partial charge in [0.25, 0.3) is 0 Å². The Morgan fingerprint density at radius 3 is 2.78 bits per heavy atom. The molecule has 2 aliphatic heterocycles. The summed E-state index contributed by atoms with van der Waals surface area (Å²) in [7, 11) is 0. The maximum Gasteiger partial charge on any atom is 0.322 e. The highest BCUT2D eigenvalue weighted by Crippen LogP contribution is 2.36. The number of hydrogen-bond donors (Lipinski definition) is 1. The van der Waals surface area contributed by atoms with E-state index in [1.165, 1.54) is 4.90 Å². The summed E-state index contributed by atoms with van der Waals surface area (Å²) in [5.74, 6) is 1.13. The summed E-state index contributed by atoms with van der Waals surface area (Å²) >= 11 is 5.95. The highest BCUT2D eigenvalue weighted by molar-refractivity contribution is 6.30. The summed E-state index contributed by atoms with van der Waals surface area (Å²) in [4.78, 5) is 28.6. The van der Waals surface area contributed by atoms with E-state index in [1.807, 2.05) is 6.07 Å². The van der Waals surface area contributed by atoms with Crippen LogP contribution in [-0.4, -0.2) is 42.8 Å². The fraction of sp³-hybridized carbons (Fsp3) is 0.263. The molecule has 2 aromatic carbocycles. The zero-order chi connectivity index (χ0) is 19.0. The van der Waals surface area contributed by atoms with E-state index in [4.69, 9.17) is 21.1 Å². The van der Waals surface area contributed by atoms with Gasteiger partial charge in [0.1, 0.15) is 6.04 Å². The molecule has 2 aromatic rings. The topological polar surface area (TPSA) is 71.1 Å². The molecular weight excluding hydrogens is 370 g/mol. The van der Waals surface area contributed by atoms with Crippen LogP contribution in [0.2, 0.25) is 5.02 Å². The normalized spacial score (nSPS) is 18.6. The lowest BCUT2D eigenvalue weighted by Gasteiger charge is -2.39. The molecule has 3 amide bonds. The maximum atomic E-state index is 12.9. The molecule has 4 rings (SSSR count). The molecular formula is C19H18ClN3O4. The van der Waals surface area contributed by atoms with Crippen molar-refractivity contribution in [3.63, 3.8) is 0 Å². The molecule has 1 saturated heterocycles. The van der Waals surface area contributed by atoms with Crippen molar-refractivity contribution in [2.24, 2.45) is 0 Å². The second-order valence-corrected chi connectivity index (χ2v) is 6.77. The van der Waals surface area contributed by atoms with Gasteiger partial charge >= 0.3 is 6.03 Å². The number of ether oxygens (including phenoxy) is 2. The Hall–Kier alpha value is -2.93. The monoisotopic (exact) mass is 387 g/mol. The van der Waals surface area contributed by atoms with Crippen molar-refractivity contribution in [1.29, 1.82) is 0 Å². The molecule has 0 saturated carbocycles. The summed E-state index contributed by atoms with van der Waals surface area (Å²) in [5, 5.41) is 3.32. The molecule has 140 valence electrons. The average molecular weight is 388 g/mol. The van der Waals surface area contributed by atoms with Crippen molar-refractivity contribution in [1.82, 2.24) is 4.90 Å². The smallest absolute Gasteiger partial charge is 0.322 e. The third-order valence-electron chi connectivity index (χ3n) is 4.66. The standard InChI is InChI=1S/C19H18ClN3O4/c1-12-18(24)23(15-5-6-16-17(10-15)27-11-26-16)8-7-22(12)19(25)21-14-4-2-3-13(20)9-14/h2-6,9-10,12H,7-8,11H2,1H3,(H,21,25)/t12-/m1/s1. The van der Waals surface area contributed by atoms with Gasteiger partial charge < -0.3 is 24.6 Å². The zero-order valence-corrected chi connectivity index (χ0v) is 15.4. The quantitative estimate of drug-likeness (QED) is 0.857. The van der Waals surface area contributed by atoms with Gasteiger partial charge in [0.2, 0.25) is 12.7 Å². The Kier molecular flexibility index (Phi) is 4.53. The number of anilines is 2. The molecule has 1 atom stereocenters. The van der Waals surface area contributed by atoms with Gasteiger partial charge in [-0.05, 0) is 37.3 Å². The van der Waals surface area contributed by atoms with E-state index in [2.05, 4.69) is 5.32 Å². The Bertz CT molecular complexity index is 904. The summed E-state index contributed by atoms with van der Waals surface area (Å²) in [6.45, 7) is 2.71. The van der Waals surface area contributed by atoms with Crippen LogP contribution in [0.4, 0.5) is 16.2 Å². The van der Waals surface area contributed by atoms with Gasteiger partial charge in [0, 0.05) is 35.6 Å². The molecule has 1 fully saturated rings. The Morgan fingerprint density at radius 2 is 1.96 bits per heavy atom. The maximum absolute atomic E-state index is 12.9. The molecule has 0 aliphatic carbocycles. The van der Waals surface area contributed by atoms with Gasteiger partial charge in [-0.2, -0.15) is 0 Å². The lowest BCUT2D eigenvalue weighted by Crippen LogP contribution is -2.58. The van der Waals surface area contributed by atoms with Crippen molar-refractivity contribution in [2.45, 2.75) is 13.0 Å². The number of piperazine rings is 1. The fourth-order valence-electron chi connectivity index (χ4n) is 3.22. The second-order valence-electron chi connectivity index (χ2n) is 6.34. The molecule has 0 spiro atoms. The predicted molar refractivity (Wildman–Crippen MR) is 102 cm³/mol. The lowest BCUT2D eigenvalue weighted by atomic mass is 10.1. The third kappa shape index (κ3) is 3.38. The minimum atomic E-state index is -0.594. The number of carbonyl (C=O) groups excluding carboxylic acids is 2. The molecule has 2 heterocycles. The van der Waals surface area contributed by atoms with E-state index in [-0.39, 0.29) is 18.7 Å². The first kappa shape index (κ1) is 17.5. The number of nitrogens with zero attached hydrogens (tertiary/aromatic N) is 2. The third-order valence-corrected chi connectivity index (χ3v) is 4.90. The number of amides is 3. The molecule has 0 bridgehead atoms. The van der Waals surface area contributed by atoms with Crippen LogP contribution >= 0.6 is 11.6 Å². The van der Waals surface area contributed by atoms with Crippen LogP contribution in [0.15, 0.2) is 42.5 Å². The minimum absolute atomic E-state index is 0.152. The van der Waals surface area contributed by atoms with Crippen molar-refractivity contribution in [2.75, 3.05) is 30.1 Å². The Morgan fingerprint density at radius 1 is 1.15 bits per heavy atom. The number of carbonyl (C=O) groups is 2. The van der Waals surface area contributed by atoms with E-state index >= 15 is 0 Å². The van der Waals surface area contributed by atoms with Gasteiger partial charge in [-0.25, -0.2) is 4.79 Å². The van der Waals surface area contributed by atoms with Crippen LogP contribution in [0.1, 0.15) is 6.92 Å². The molecule has 0 radical (unpaired) electrons. The van der Waals surface area contributed by atoms with Gasteiger partial charge in [-0.1, -0.05) is 17.7 Å². The molecule has 2 aliphatic rings. The number of urea groups is 1. The highest BCUT2D eigenvalue weighted by Gasteiger charge is 2.35. The van der Waals surface area contributed by atoms with E-state index in [9.17, 15) is 9.59 Å². The van der Waals surface area contributed by atoms with Crippen molar-refractivity contribution in [3.8, 4) is 11.5 Å². The van der Waals surface area contributed by atoms with Crippen LogP contribution in [0.3, 0.4) is 0 Å². The summed E-state index contributed by atoms with van der Waals surface area (Å²) < 4.78 is 10.7. The number of hydrogen-bond acceptors (Lipinski definition) is 4. The van der Waals surface area contributed by atoms with Crippen LogP contribution < -0.4 is 19.7 Å². The first-order valence-corrected chi connectivity index (χ1v) is 8.95. The van der Waals surface area contributed by atoms with Crippen molar-refractivity contribution >= 4 is 34.9 Å². The molecule has 0 aromatic heterocycles. The van der Waals surface area contributed by atoms with E-state index < -0.39 is 6.04 Å². The summed E-state index contributed by atoms with van der Waals surface area (Å²) in [6.07, 6.45) is 0. The number of halogens is 1. The molecule has 7 nitrogen and oxygen atoms in total. The zero-order valence-electron chi connectivity index (χ0n) is 14.6. The van der Waals surface area contributed by atoms with Crippen LogP contribution in [0.25, 0.3) is 0 Å². The predicted octanol–water partition coefficient (Wildman–Crippen LogP) is 3.34. The van der Waals surface area contributed by atoms with E-state index in [1.54, 1.807) is 48.2 Å². The number of fused-ring (bicyclic) bond motifs is 1. The van der Waals surface area contributed by atoms with E-state index in [0.29, 0.717) is 35.3 Å². The van der Waals surface area contributed by atoms with Gasteiger partial charge in [-0.15, -0.1) is 0 Å². The minimum Gasteiger partial charge on any atom is -0.454 e. The molecule has 8 heteroatoms. The van der Waals surface area contributed by atoms with Crippen LogP contribution in [0, 0.1) is 0 Å². The van der Waals surface area contributed by atoms with Crippen molar-refractivity contribution < 1.29 is 19.1 Å². The lowest BCUT2D eigenvalue weighted by molar-refractivity contribution is -0.123. The fourth-order valence-corrected chi connectivity index (χ4v) is 3.41. The SMILES string of the molecule is C[C@@H]1C(=O)N(c2ccc3c(c2)OCO3)CCN1C(=O)Nc1cccc(Cl)c1. The largest absolute Gasteiger partial charge is 0.454 e. The first-order chi connectivity index (χ1) is 13.0. The van der Waals surface area contributed by atoms with Gasteiger partial charge in [0.05, 0.1) is 0 Å². The highest BCUT2D eigenvalue weighted by atomic mass is 35.5. The summed E-state index contributed by atoms with van der Waals surface area (Å²) in [6, 6.07) is 11.4. The Balaban J connectivity index is 1.47. The molecule has 1 N–H and O–H groups in total. The number of rotatable bonds is 2. The second kappa shape index (κ2) is 7.00. The Labute approximate surface area is 161 Å². The molecule has 27 heavy (non-hydrogen) atoms. The van der Waals surface area contributed by atoms with Crippen LogP contribution in [0.5, 0.6) is 11.5 Å². The van der Waals surface area contributed by atoms with Gasteiger partial charge in [0.15, 0.2) is 11.5 Å². The van der Waals surface area contributed by atoms with Gasteiger partial charge in [-0.3, -0.25) is 4.79 Å².